The van der Waals surface area contributed by atoms with Gasteiger partial charge >= 0.3 is 0 Å². The third kappa shape index (κ3) is 3.28. The highest BCUT2D eigenvalue weighted by Crippen LogP contribution is 2.25. The summed E-state index contributed by atoms with van der Waals surface area (Å²) < 4.78 is 0. The standard InChI is InChI=1S/C16H26N2O/c1-12(2)14-4-6-15(7-5-14)18-13(3)10-17-11-16(18)8-9-19/h4-7,12-13,16-17,19H,8-11H2,1-3H3. The summed E-state index contributed by atoms with van der Waals surface area (Å²) in [4.78, 5) is 2.46. The smallest absolute Gasteiger partial charge is 0.0451 e. The molecule has 0 saturated carbocycles. The fraction of sp³-hybridized carbons (Fsp3) is 0.625. The summed E-state index contributed by atoms with van der Waals surface area (Å²) in [6, 6.07) is 9.76. The van der Waals surface area contributed by atoms with Gasteiger partial charge in [-0.1, -0.05) is 26.0 Å². The summed E-state index contributed by atoms with van der Waals surface area (Å²) in [5.41, 5.74) is 2.65. The van der Waals surface area contributed by atoms with Crippen LogP contribution in [0.25, 0.3) is 0 Å². The highest BCUT2D eigenvalue weighted by Gasteiger charge is 2.27. The van der Waals surface area contributed by atoms with Gasteiger partial charge < -0.3 is 15.3 Å². The molecule has 0 bridgehead atoms. The van der Waals surface area contributed by atoms with E-state index in [9.17, 15) is 5.11 Å². The highest BCUT2D eigenvalue weighted by atomic mass is 16.3. The molecule has 2 atom stereocenters. The van der Waals surface area contributed by atoms with Gasteiger partial charge in [-0.05, 0) is 37.0 Å². The van der Waals surface area contributed by atoms with Gasteiger partial charge in [0.25, 0.3) is 0 Å². The lowest BCUT2D eigenvalue weighted by Crippen LogP contribution is -2.56. The molecule has 1 fully saturated rings. The van der Waals surface area contributed by atoms with E-state index in [1.165, 1.54) is 11.3 Å². The number of anilines is 1. The molecule has 1 aromatic rings. The van der Waals surface area contributed by atoms with Crippen LogP contribution >= 0.6 is 0 Å². The van der Waals surface area contributed by atoms with Crippen LogP contribution in [0, 0.1) is 0 Å². The van der Waals surface area contributed by atoms with Gasteiger partial charge in [-0.15, -0.1) is 0 Å². The van der Waals surface area contributed by atoms with Crippen LogP contribution < -0.4 is 10.2 Å². The number of nitrogens with zero attached hydrogens (tertiary/aromatic N) is 1. The number of nitrogens with one attached hydrogen (secondary N) is 1. The van der Waals surface area contributed by atoms with Crippen LogP contribution in [0.1, 0.15) is 38.7 Å². The Bertz CT molecular complexity index is 386. The normalized spacial score (nSPS) is 23.9. The zero-order valence-corrected chi connectivity index (χ0v) is 12.3. The summed E-state index contributed by atoms with van der Waals surface area (Å²) in [6.45, 7) is 8.89. The number of rotatable bonds is 4. The van der Waals surface area contributed by atoms with E-state index in [4.69, 9.17) is 0 Å². The first-order chi connectivity index (χ1) is 9.13. The van der Waals surface area contributed by atoms with Crippen LogP contribution in [0.2, 0.25) is 0 Å². The first kappa shape index (κ1) is 14.4. The van der Waals surface area contributed by atoms with Crippen LogP contribution in [0.4, 0.5) is 5.69 Å². The molecule has 19 heavy (non-hydrogen) atoms. The quantitative estimate of drug-likeness (QED) is 0.874. The molecule has 2 N–H and O–H groups in total. The van der Waals surface area contributed by atoms with E-state index in [0.717, 1.165) is 19.5 Å². The molecule has 1 aromatic carbocycles. The molecular weight excluding hydrogens is 236 g/mol. The second-order valence-electron chi connectivity index (χ2n) is 5.83. The zero-order valence-electron chi connectivity index (χ0n) is 12.3. The van der Waals surface area contributed by atoms with Crippen LogP contribution in [-0.2, 0) is 0 Å². The molecule has 3 nitrogen and oxygen atoms in total. The summed E-state index contributed by atoms with van der Waals surface area (Å²) >= 11 is 0. The third-order valence-electron chi connectivity index (χ3n) is 4.01. The molecule has 2 unspecified atom stereocenters. The van der Waals surface area contributed by atoms with Crippen LogP contribution in [0.15, 0.2) is 24.3 Å². The first-order valence-corrected chi connectivity index (χ1v) is 7.33. The molecule has 106 valence electrons. The molecule has 2 rings (SSSR count). The van der Waals surface area contributed by atoms with Gasteiger partial charge in [0.05, 0.1) is 0 Å². The van der Waals surface area contributed by atoms with Crippen molar-refractivity contribution in [2.45, 2.75) is 45.2 Å². The van der Waals surface area contributed by atoms with E-state index in [-0.39, 0.29) is 6.61 Å². The lowest BCUT2D eigenvalue weighted by molar-refractivity contribution is 0.259. The highest BCUT2D eigenvalue weighted by molar-refractivity contribution is 5.50. The van der Waals surface area contributed by atoms with E-state index in [2.05, 4.69) is 55.3 Å². The first-order valence-electron chi connectivity index (χ1n) is 7.33. The Labute approximate surface area is 116 Å². The number of aliphatic hydroxyl groups excluding tert-OH is 1. The van der Waals surface area contributed by atoms with Crippen LogP contribution in [0.3, 0.4) is 0 Å². The fourth-order valence-corrected chi connectivity index (χ4v) is 2.90. The number of benzene rings is 1. The second-order valence-corrected chi connectivity index (χ2v) is 5.83. The Morgan fingerprint density at radius 3 is 2.53 bits per heavy atom. The molecule has 0 spiro atoms. The number of hydrogen-bond acceptors (Lipinski definition) is 3. The molecular formula is C16H26N2O. The Balaban J connectivity index is 2.20. The zero-order chi connectivity index (χ0) is 13.8. The summed E-state index contributed by atoms with van der Waals surface area (Å²) in [6.07, 6.45) is 0.823. The molecule has 0 aliphatic carbocycles. The second kappa shape index (κ2) is 6.40. The number of piperazine rings is 1. The Hall–Kier alpha value is -1.06. The van der Waals surface area contributed by atoms with Crippen molar-refractivity contribution >= 4 is 5.69 Å². The van der Waals surface area contributed by atoms with Crippen molar-refractivity contribution in [1.29, 1.82) is 0 Å². The van der Waals surface area contributed by atoms with E-state index in [1.54, 1.807) is 0 Å². The molecule has 1 aliphatic heterocycles. The molecule has 1 heterocycles. The monoisotopic (exact) mass is 262 g/mol. The third-order valence-corrected chi connectivity index (χ3v) is 4.01. The van der Waals surface area contributed by atoms with Crippen LogP contribution in [0.5, 0.6) is 0 Å². The van der Waals surface area contributed by atoms with Gasteiger partial charge in [0.1, 0.15) is 0 Å². The van der Waals surface area contributed by atoms with Gasteiger partial charge in [-0.25, -0.2) is 0 Å². The Morgan fingerprint density at radius 1 is 1.26 bits per heavy atom. The van der Waals surface area contributed by atoms with Gasteiger partial charge in [0.2, 0.25) is 0 Å². The summed E-state index contributed by atoms with van der Waals surface area (Å²) in [5.74, 6) is 0.572. The maximum Gasteiger partial charge on any atom is 0.0451 e. The molecule has 0 amide bonds. The fourth-order valence-electron chi connectivity index (χ4n) is 2.90. The largest absolute Gasteiger partial charge is 0.396 e. The van der Waals surface area contributed by atoms with Gasteiger partial charge in [0.15, 0.2) is 0 Å². The van der Waals surface area contributed by atoms with Crippen molar-refractivity contribution in [2.75, 3.05) is 24.6 Å². The summed E-state index contributed by atoms with van der Waals surface area (Å²) in [7, 11) is 0. The van der Waals surface area contributed by atoms with E-state index in [1.807, 2.05) is 0 Å². The molecule has 0 aromatic heterocycles. The van der Waals surface area contributed by atoms with Crippen molar-refractivity contribution < 1.29 is 5.11 Å². The SMILES string of the molecule is CC(C)c1ccc(N2C(C)CNCC2CCO)cc1. The minimum absolute atomic E-state index is 0.250. The predicted octanol–water partition coefficient (Wildman–Crippen LogP) is 2.36. The summed E-state index contributed by atoms with van der Waals surface area (Å²) in [5, 5.41) is 12.7. The van der Waals surface area contributed by atoms with Crippen molar-refractivity contribution in [3.05, 3.63) is 29.8 Å². The van der Waals surface area contributed by atoms with Crippen molar-refractivity contribution in [2.24, 2.45) is 0 Å². The number of hydrogen-bond donors (Lipinski definition) is 2. The van der Waals surface area contributed by atoms with E-state index in [0.29, 0.717) is 18.0 Å². The minimum Gasteiger partial charge on any atom is -0.396 e. The molecule has 0 radical (unpaired) electrons. The maximum absolute atomic E-state index is 9.23. The minimum atomic E-state index is 0.250. The van der Waals surface area contributed by atoms with Gasteiger partial charge in [-0.2, -0.15) is 0 Å². The van der Waals surface area contributed by atoms with E-state index < -0.39 is 0 Å². The van der Waals surface area contributed by atoms with E-state index >= 15 is 0 Å². The molecule has 1 aliphatic rings. The van der Waals surface area contributed by atoms with Crippen molar-refractivity contribution in [1.82, 2.24) is 5.32 Å². The Morgan fingerprint density at radius 2 is 1.95 bits per heavy atom. The van der Waals surface area contributed by atoms with Crippen molar-refractivity contribution in [3.8, 4) is 0 Å². The predicted molar refractivity (Wildman–Crippen MR) is 80.8 cm³/mol. The topological polar surface area (TPSA) is 35.5 Å². The lowest BCUT2D eigenvalue weighted by atomic mass is 10.0. The van der Waals surface area contributed by atoms with Crippen molar-refractivity contribution in [3.63, 3.8) is 0 Å². The average Bonchev–Trinajstić information content (AvgIpc) is 2.39. The molecule has 3 heteroatoms. The number of aliphatic hydroxyl groups is 1. The van der Waals surface area contributed by atoms with Gasteiger partial charge in [-0.3, -0.25) is 0 Å². The Kier molecular flexibility index (Phi) is 4.83. The lowest BCUT2D eigenvalue weighted by Gasteiger charge is -2.43. The van der Waals surface area contributed by atoms with Gasteiger partial charge in [0, 0.05) is 37.5 Å². The maximum atomic E-state index is 9.23. The molecule has 1 saturated heterocycles. The van der Waals surface area contributed by atoms with Crippen LogP contribution in [-0.4, -0.2) is 36.9 Å². The average molecular weight is 262 g/mol.